The second-order valence-electron chi connectivity index (χ2n) is 5.61. The minimum Gasteiger partial charge on any atom is -0.309 e. The van der Waals surface area contributed by atoms with Crippen molar-refractivity contribution in [2.45, 2.75) is 45.1 Å². The molecule has 1 aliphatic rings. The lowest BCUT2D eigenvalue weighted by molar-refractivity contribution is 0.574. The van der Waals surface area contributed by atoms with Gasteiger partial charge >= 0.3 is 0 Å². The summed E-state index contributed by atoms with van der Waals surface area (Å²) in [6.07, 6.45) is 7.05. The van der Waals surface area contributed by atoms with Gasteiger partial charge < -0.3 is 5.32 Å². The first-order chi connectivity index (χ1) is 9.40. The molecule has 0 saturated heterocycles. The fourth-order valence-electron chi connectivity index (χ4n) is 2.81. The van der Waals surface area contributed by atoms with Gasteiger partial charge in [-0.1, -0.05) is 50.1 Å². The lowest BCUT2D eigenvalue weighted by atomic mass is 10.1. The summed E-state index contributed by atoms with van der Waals surface area (Å²) in [5.41, 5.74) is 1.44. The second-order valence-corrected chi connectivity index (χ2v) is 6.68. The largest absolute Gasteiger partial charge is 0.309 e. The van der Waals surface area contributed by atoms with Crippen LogP contribution in [0.2, 0.25) is 0 Å². The molecule has 1 aromatic carbocycles. The van der Waals surface area contributed by atoms with Gasteiger partial charge in [-0.3, -0.25) is 0 Å². The molecule has 1 N–H and O–H groups in total. The third-order valence-electron chi connectivity index (χ3n) is 3.96. The van der Waals surface area contributed by atoms with E-state index in [1.165, 1.54) is 49.2 Å². The van der Waals surface area contributed by atoms with Crippen LogP contribution in [-0.4, -0.2) is 18.1 Å². The Morgan fingerprint density at radius 1 is 1.21 bits per heavy atom. The van der Waals surface area contributed by atoms with Gasteiger partial charge in [0.1, 0.15) is 0 Å². The lowest BCUT2D eigenvalue weighted by Crippen LogP contribution is -2.24. The van der Waals surface area contributed by atoms with E-state index >= 15 is 0 Å². The van der Waals surface area contributed by atoms with Crippen molar-refractivity contribution in [1.82, 2.24) is 5.32 Å². The van der Waals surface area contributed by atoms with E-state index in [1.807, 2.05) is 0 Å². The van der Waals surface area contributed by atoms with Gasteiger partial charge in [0.05, 0.1) is 0 Å². The Bertz CT molecular complexity index is 332. The first-order valence-electron chi connectivity index (χ1n) is 7.76. The molecule has 1 aromatic rings. The lowest BCUT2D eigenvalue weighted by Gasteiger charge is -2.19. The third-order valence-corrected chi connectivity index (χ3v) is 5.23. The Morgan fingerprint density at radius 2 is 1.95 bits per heavy atom. The first kappa shape index (κ1) is 14.9. The molecule has 0 radical (unpaired) electrons. The monoisotopic (exact) mass is 277 g/mol. The summed E-state index contributed by atoms with van der Waals surface area (Å²) in [5, 5.41) is 3.69. The van der Waals surface area contributed by atoms with E-state index in [2.05, 4.69) is 54.3 Å². The van der Waals surface area contributed by atoms with Crippen LogP contribution in [0.15, 0.2) is 30.3 Å². The average Bonchev–Trinajstić information content (AvgIpc) is 2.97. The van der Waals surface area contributed by atoms with E-state index in [4.69, 9.17) is 0 Å². The average molecular weight is 277 g/mol. The Kier molecular flexibility index (Phi) is 6.80. The van der Waals surface area contributed by atoms with E-state index in [1.54, 1.807) is 0 Å². The maximum Gasteiger partial charge on any atom is 0.0411 e. The molecule has 0 heterocycles. The maximum absolute atomic E-state index is 3.69. The van der Waals surface area contributed by atoms with Crippen molar-refractivity contribution in [2.75, 3.05) is 18.1 Å². The molecule has 0 amide bonds. The van der Waals surface area contributed by atoms with Gasteiger partial charge in [-0.05, 0) is 43.0 Å². The number of rotatable bonds is 8. The molecule has 1 nitrogen and oxygen atoms in total. The molecule has 0 aliphatic heterocycles. The van der Waals surface area contributed by atoms with Gasteiger partial charge in [0.2, 0.25) is 0 Å². The van der Waals surface area contributed by atoms with Crippen molar-refractivity contribution >= 4 is 11.8 Å². The molecule has 1 atom stereocenters. The van der Waals surface area contributed by atoms with Gasteiger partial charge in [-0.2, -0.15) is 11.8 Å². The van der Waals surface area contributed by atoms with E-state index in [9.17, 15) is 0 Å². The van der Waals surface area contributed by atoms with Crippen molar-refractivity contribution in [3.8, 4) is 0 Å². The number of benzene rings is 1. The van der Waals surface area contributed by atoms with E-state index in [-0.39, 0.29) is 0 Å². The summed E-state index contributed by atoms with van der Waals surface area (Å²) in [6.45, 7) is 3.35. The highest BCUT2D eigenvalue weighted by molar-refractivity contribution is 7.99. The van der Waals surface area contributed by atoms with Crippen LogP contribution in [0.4, 0.5) is 0 Å². The van der Waals surface area contributed by atoms with Gasteiger partial charge in [-0.25, -0.2) is 0 Å². The summed E-state index contributed by atoms with van der Waals surface area (Å²) in [5.74, 6) is 3.56. The fraction of sp³-hybridized carbons (Fsp3) is 0.647. The van der Waals surface area contributed by atoms with Crippen LogP contribution in [0.25, 0.3) is 0 Å². The zero-order chi connectivity index (χ0) is 13.3. The van der Waals surface area contributed by atoms with Crippen molar-refractivity contribution in [3.05, 3.63) is 35.9 Å². The predicted molar refractivity (Wildman–Crippen MR) is 86.8 cm³/mol. The zero-order valence-corrected chi connectivity index (χ0v) is 12.9. The summed E-state index contributed by atoms with van der Waals surface area (Å²) in [6, 6.07) is 11.4. The van der Waals surface area contributed by atoms with Crippen LogP contribution in [0.3, 0.4) is 0 Å². The third kappa shape index (κ3) is 5.19. The predicted octanol–water partition coefficient (Wildman–Crippen LogP) is 4.65. The van der Waals surface area contributed by atoms with Crippen LogP contribution in [0.5, 0.6) is 0 Å². The van der Waals surface area contributed by atoms with Crippen molar-refractivity contribution < 1.29 is 0 Å². The second kappa shape index (κ2) is 8.65. The normalized spacial score (nSPS) is 17.7. The van der Waals surface area contributed by atoms with Gasteiger partial charge in [0.25, 0.3) is 0 Å². The van der Waals surface area contributed by atoms with E-state index < -0.39 is 0 Å². The smallest absolute Gasteiger partial charge is 0.0411 e. The standard InChI is InChI=1S/C17H27NS/c1-2-12-18-17(16-10-4-3-5-11-16)14-19-13-15-8-6-7-9-15/h3-5,10-11,15,17-18H,2,6-9,12-14H2,1H3. The number of hydrogen-bond acceptors (Lipinski definition) is 2. The molecule has 0 spiro atoms. The number of nitrogens with one attached hydrogen (secondary N) is 1. The van der Waals surface area contributed by atoms with Crippen LogP contribution in [0, 0.1) is 5.92 Å². The van der Waals surface area contributed by atoms with Crippen molar-refractivity contribution in [1.29, 1.82) is 0 Å². The Labute approximate surface area is 122 Å². The van der Waals surface area contributed by atoms with Crippen LogP contribution in [-0.2, 0) is 0 Å². The Morgan fingerprint density at radius 3 is 2.63 bits per heavy atom. The molecule has 1 aliphatic carbocycles. The Balaban J connectivity index is 1.79. The van der Waals surface area contributed by atoms with Crippen LogP contribution in [0.1, 0.15) is 50.6 Å². The Hall–Kier alpha value is -0.470. The van der Waals surface area contributed by atoms with Crippen molar-refractivity contribution in [3.63, 3.8) is 0 Å². The summed E-state index contributed by atoms with van der Waals surface area (Å²) in [7, 11) is 0. The molecular formula is C17H27NS. The number of thioether (sulfide) groups is 1. The molecule has 1 saturated carbocycles. The minimum absolute atomic E-state index is 0.521. The molecule has 0 bridgehead atoms. The van der Waals surface area contributed by atoms with Gasteiger partial charge in [0.15, 0.2) is 0 Å². The molecule has 19 heavy (non-hydrogen) atoms. The van der Waals surface area contributed by atoms with Gasteiger partial charge in [0, 0.05) is 11.8 Å². The van der Waals surface area contributed by atoms with Crippen LogP contribution < -0.4 is 5.32 Å². The highest BCUT2D eigenvalue weighted by Crippen LogP contribution is 2.29. The minimum atomic E-state index is 0.521. The quantitative estimate of drug-likeness (QED) is 0.742. The zero-order valence-electron chi connectivity index (χ0n) is 12.1. The molecule has 1 fully saturated rings. The summed E-state index contributed by atoms with van der Waals surface area (Å²) >= 11 is 2.14. The van der Waals surface area contributed by atoms with Gasteiger partial charge in [-0.15, -0.1) is 0 Å². The molecule has 0 aromatic heterocycles. The maximum atomic E-state index is 3.69. The topological polar surface area (TPSA) is 12.0 Å². The molecule has 106 valence electrons. The highest BCUT2D eigenvalue weighted by atomic mass is 32.2. The highest BCUT2D eigenvalue weighted by Gasteiger charge is 2.16. The molecule has 2 rings (SSSR count). The number of hydrogen-bond donors (Lipinski definition) is 1. The first-order valence-corrected chi connectivity index (χ1v) is 8.91. The SMILES string of the molecule is CCCNC(CSCC1CCCC1)c1ccccc1. The van der Waals surface area contributed by atoms with Crippen molar-refractivity contribution in [2.24, 2.45) is 5.92 Å². The van der Waals surface area contributed by atoms with E-state index in [0.717, 1.165) is 12.5 Å². The molecule has 1 unspecified atom stereocenters. The summed E-state index contributed by atoms with van der Waals surface area (Å²) in [4.78, 5) is 0. The summed E-state index contributed by atoms with van der Waals surface area (Å²) < 4.78 is 0. The van der Waals surface area contributed by atoms with E-state index in [0.29, 0.717) is 6.04 Å². The molecule has 2 heteroatoms. The fourth-order valence-corrected chi connectivity index (χ4v) is 4.16. The van der Waals surface area contributed by atoms with Crippen LogP contribution >= 0.6 is 11.8 Å². The molecular weight excluding hydrogens is 250 g/mol.